The highest BCUT2D eigenvalue weighted by Gasteiger charge is 2.35. The summed E-state index contributed by atoms with van der Waals surface area (Å²) in [6.45, 7) is 1.67. The summed E-state index contributed by atoms with van der Waals surface area (Å²) in [5.41, 5.74) is -1.05. The van der Waals surface area contributed by atoms with Crippen LogP contribution in [0.3, 0.4) is 0 Å². The van der Waals surface area contributed by atoms with Crippen molar-refractivity contribution >= 4 is 11.5 Å². The molecule has 2 aromatic heterocycles. The first-order valence-electron chi connectivity index (χ1n) is 10.4. The molecule has 0 unspecified atom stereocenters. The molecule has 33 heavy (non-hydrogen) atoms. The van der Waals surface area contributed by atoms with Gasteiger partial charge in [-0.25, -0.2) is 0 Å². The minimum Gasteiger partial charge on any atom is -0.391 e. The van der Waals surface area contributed by atoms with Gasteiger partial charge in [-0.05, 0) is 43.5 Å². The Bertz CT molecular complexity index is 1160. The second-order valence-electron chi connectivity index (χ2n) is 8.22. The molecule has 0 spiro atoms. The number of aliphatic hydroxyl groups excluding tert-OH is 1. The summed E-state index contributed by atoms with van der Waals surface area (Å²) < 4.78 is 80.3. The van der Waals surface area contributed by atoms with Crippen LogP contribution in [0, 0.1) is 6.92 Å². The van der Waals surface area contributed by atoms with Crippen molar-refractivity contribution in [2.75, 3.05) is 5.32 Å². The fourth-order valence-corrected chi connectivity index (χ4v) is 4.11. The molecule has 1 aliphatic rings. The Morgan fingerprint density at radius 3 is 2.45 bits per heavy atom. The summed E-state index contributed by atoms with van der Waals surface area (Å²) in [5.74, 6) is 0.192. The monoisotopic (exact) mass is 473 g/mol. The molecule has 2 atom stereocenters. The Kier molecular flexibility index (Phi) is 5.97. The van der Waals surface area contributed by atoms with Crippen LogP contribution in [-0.2, 0) is 12.6 Å². The number of hydrogen-bond donors (Lipinski definition) is 2. The molecular weight excluding hydrogens is 452 g/mol. The Balaban J connectivity index is 1.81. The van der Waals surface area contributed by atoms with E-state index in [0.717, 1.165) is 25.0 Å². The van der Waals surface area contributed by atoms with Crippen LogP contribution in [0.5, 0.6) is 0 Å². The zero-order valence-corrected chi connectivity index (χ0v) is 17.5. The molecule has 2 heterocycles. The number of aliphatic hydroxyl groups is 1. The molecule has 1 saturated carbocycles. The van der Waals surface area contributed by atoms with E-state index in [-0.39, 0.29) is 23.2 Å². The molecule has 1 fully saturated rings. The molecule has 1 aliphatic carbocycles. The van der Waals surface area contributed by atoms with Gasteiger partial charge in [0.1, 0.15) is 5.69 Å². The molecule has 0 aliphatic heterocycles. The lowest BCUT2D eigenvalue weighted by atomic mass is 9.93. The van der Waals surface area contributed by atoms with E-state index in [0.29, 0.717) is 30.1 Å². The van der Waals surface area contributed by atoms with Gasteiger partial charge in [0.25, 0.3) is 0 Å². The van der Waals surface area contributed by atoms with Gasteiger partial charge in [-0.1, -0.05) is 18.9 Å². The normalized spacial score (nSPS) is 19.8. The van der Waals surface area contributed by atoms with Crippen molar-refractivity contribution in [1.29, 1.82) is 0 Å². The van der Waals surface area contributed by atoms with Crippen LogP contribution >= 0.6 is 0 Å². The molecule has 1 aromatic carbocycles. The number of alkyl halides is 6. The van der Waals surface area contributed by atoms with E-state index < -0.39 is 36.0 Å². The molecule has 0 radical (unpaired) electrons. The third-order valence-electron chi connectivity index (χ3n) is 5.64. The first-order valence-corrected chi connectivity index (χ1v) is 10.4. The van der Waals surface area contributed by atoms with Crippen molar-refractivity contribution < 1.29 is 31.4 Å². The summed E-state index contributed by atoms with van der Waals surface area (Å²) in [6.07, 6.45) is -8.54. The standard InChI is InChI=1S/C21H21F6N5O/c1-11-8-16-18(14-7-6-13(21(25,26)27)9-12(14)10-20(22,23)24)29-30-19(32(16)31-11)28-15-4-2-3-5-17(15)33/h6-9,15,17,33H,2-5,10H2,1H3,(H,28,30)/t15-,17-/m1/s1. The van der Waals surface area contributed by atoms with Crippen molar-refractivity contribution in [2.45, 2.75) is 63.5 Å². The van der Waals surface area contributed by atoms with Crippen molar-refractivity contribution in [2.24, 2.45) is 0 Å². The number of anilines is 1. The van der Waals surface area contributed by atoms with Crippen LogP contribution in [0.2, 0.25) is 0 Å². The average molecular weight is 473 g/mol. The van der Waals surface area contributed by atoms with Gasteiger partial charge >= 0.3 is 12.4 Å². The molecule has 0 amide bonds. The van der Waals surface area contributed by atoms with Crippen molar-refractivity contribution in [1.82, 2.24) is 19.8 Å². The Labute approximate surface area is 184 Å². The number of fused-ring (bicyclic) bond motifs is 1. The van der Waals surface area contributed by atoms with E-state index in [4.69, 9.17) is 0 Å². The maximum Gasteiger partial charge on any atom is 0.416 e. The number of nitrogens with one attached hydrogen (secondary N) is 1. The maximum absolute atomic E-state index is 13.2. The smallest absolute Gasteiger partial charge is 0.391 e. The summed E-state index contributed by atoms with van der Waals surface area (Å²) in [4.78, 5) is 0. The number of halogens is 6. The largest absolute Gasteiger partial charge is 0.416 e. The van der Waals surface area contributed by atoms with E-state index in [9.17, 15) is 31.4 Å². The molecule has 6 nitrogen and oxygen atoms in total. The van der Waals surface area contributed by atoms with Crippen LogP contribution in [0.15, 0.2) is 24.3 Å². The van der Waals surface area contributed by atoms with Gasteiger partial charge in [0, 0.05) is 5.56 Å². The highest BCUT2D eigenvalue weighted by atomic mass is 19.4. The van der Waals surface area contributed by atoms with E-state index in [2.05, 4.69) is 20.6 Å². The van der Waals surface area contributed by atoms with Crippen molar-refractivity contribution in [3.05, 3.63) is 41.1 Å². The number of hydrogen-bond acceptors (Lipinski definition) is 5. The zero-order chi connectivity index (χ0) is 24.0. The molecule has 0 saturated heterocycles. The van der Waals surface area contributed by atoms with Crippen molar-refractivity contribution in [3.63, 3.8) is 0 Å². The number of aryl methyl sites for hydroxylation is 1. The first-order chi connectivity index (χ1) is 15.4. The minimum atomic E-state index is -4.79. The highest BCUT2D eigenvalue weighted by molar-refractivity contribution is 5.80. The predicted octanol–water partition coefficient (Wildman–Crippen LogP) is 4.94. The molecule has 4 rings (SSSR count). The SMILES string of the molecule is Cc1cc2c(-c3ccc(C(F)(F)F)cc3CC(F)(F)F)nnc(N[C@@H]3CCCC[C@H]3O)n2n1. The molecular formula is C21H21F6N5O. The van der Waals surface area contributed by atoms with Crippen LogP contribution in [0.1, 0.15) is 42.5 Å². The predicted molar refractivity (Wildman–Crippen MR) is 108 cm³/mol. The number of benzene rings is 1. The van der Waals surface area contributed by atoms with Crippen molar-refractivity contribution in [3.8, 4) is 11.3 Å². The summed E-state index contributed by atoms with van der Waals surface area (Å²) in [6, 6.07) is 3.48. The van der Waals surface area contributed by atoms with E-state index in [1.807, 2.05) is 0 Å². The van der Waals surface area contributed by atoms with E-state index in [1.54, 1.807) is 13.0 Å². The van der Waals surface area contributed by atoms with E-state index in [1.165, 1.54) is 4.52 Å². The quantitative estimate of drug-likeness (QED) is 0.525. The van der Waals surface area contributed by atoms with Crippen LogP contribution in [0.4, 0.5) is 32.3 Å². The molecule has 178 valence electrons. The minimum absolute atomic E-state index is 0.0154. The lowest BCUT2D eigenvalue weighted by Gasteiger charge is -2.28. The summed E-state index contributed by atoms with van der Waals surface area (Å²) >= 11 is 0. The average Bonchev–Trinajstić information content (AvgIpc) is 3.10. The van der Waals surface area contributed by atoms with Gasteiger partial charge in [-0.15, -0.1) is 10.2 Å². The number of rotatable bonds is 4. The molecule has 2 N–H and O–H groups in total. The fraction of sp³-hybridized carbons (Fsp3) is 0.476. The molecule has 0 bridgehead atoms. The zero-order valence-electron chi connectivity index (χ0n) is 17.5. The van der Waals surface area contributed by atoms with Gasteiger partial charge in [0.05, 0.1) is 35.3 Å². The lowest BCUT2D eigenvalue weighted by Crippen LogP contribution is -2.37. The molecule has 3 aromatic rings. The molecule has 12 heteroatoms. The topological polar surface area (TPSA) is 75.3 Å². The van der Waals surface area contributed by atoms with Crippen LogP contribution < -0.4 is 5.32 Å². The number of nitrogens with zero attached hydrogens (tertiary/aromatic N) is 4. The second-order valence-corrected chi connectivity index (χ2v) is 8.22. The van der Waals surface area contributed by atoms with Crippen LogP contribution in [-0.4, -0.2) is 43.2 Å². The first kappa shape index (κ1) is 23.3. The fourth-order valence-electron chi connectivity index (χ4n) is 4.11. The summed E-state index contributed by atoms with van der Waals surface area (Å²) in [7, 11) is 0. The number of aromatic nitrogens is 4. The third-order valence-corrected chi connectivity index (χ3v) is 5.64. The van der Waals surface area contributed by atoms with Gasteiger partial charge in [-0.3, -0.25) is 0 Å². The van der Waals surface area contributed by atoms with Gasteiger partial charge in [0.15, 0.2) is 0 Å². The van der Waals surface area contributed by atoms with Gasteiger partial charge < -0.3 is 10.4 Å². The van der Waals surface area contributed by atoms with Crippen LogP contribution in [0.25, 0.3) is 16.8 Å². The Morgan fingerprint density at radius 1 is 1.06 bits per heavy atom. The lowest BCUT2D eigenvalue weighted by molar-refractivity contribution is -0.138. The third kappa shape index (κ3) is 5.05. The summed E-state index contributed by atoms with van der Waals surface area (Å²) in [5, 5.41) is 25.8. The highest BCUT2D eigenvalue weighted by Crippen LogP contribution is 2.37. The van der Waals surface area contributed by atoms with E-state index >= 15 is 0 Å². The second kappa shape index (κ2) is 8.47. The van der Waals surface area contributed by atoms with Gasteiger partial charge in [0.2, 0.25) is 5.95 Å². The maximum atomic E-state index is 13.2. The Morgan fingerprint density at radius 2 is 1.79 bits per heavy atom. The Hall–Kier alpha value is -2.89. The van der Waals surface area contributed by atoms with Gasteiger partial charge in [-0.2, -0.15) is 36.0 Å².